The SMILES string of the molecule is CCCCCCCCCC/C=C/CC/C=C/C(O)C(COC1OC(CO)C(OC2OC(CO)C(OC3OC(CO)C(O)C(O)C3O)C(O)C2O)C(O)C1O)NC(=O)CCCCCCCCCCCCCCC. The highest BCUT2D eigenvalue weighted by atomic mass is 16.8. The smallest absolute Gasteiger partial charge is 0.220 e. The van der Waals surface area contributed by atoms with E-state index in [0.29, 0.717) is 12.8 Å². The van der Waals surface area contributed by atoms with E-state index < -0.39 is 124 Å². The second-order valence-corrected chi connectivity index (χ2v) is 20.0. The summed E-state index contributed by atoms with van der Waals surface area (Å²) < 4.78 is 34.1. The minimum absolute atomic E-state index is 0.239. The summed E-state index contributed by atoms with van der Waals surface area (Å²) in [5, 5.41) is 120. The van der Waals surface area contributed by atoms with Crippen molar-refractivity contribution >= 4 is 5.91 Å². The molecule has 3 heterocycles. The van der Waals surface area contributed by atoms with Crippen LogP contribution in [0.25, 0.3) is 0 Å². The van der Waals surface area contributed by atoms with Gasteiger partial charge in [-0.25, -0.2) is 0 Å². The van der Waals surface area contributed by atoms with Crippen LogP contribution >= 0.6 is 0 Å². The van der Waals surface area contributed by atoms with Crippen LogP contribution in [0.2, 0.25) is 0 Å². The van der Waals surface area contributed by atoms with Gasteiger partial charge in [-0.1, -0.05) is 160 Å². The highest BCUT2D eigenvalue weighted by Crippen LogP contribution is 2.33. The predicted octanol–water partition coefficient (Wildman–Crippen LogP) is 3.20. The number of amides is 1. The molecule has 0 radical (unpaired) electrons. The highest BCUT2D eigenvalue weighted by Gasteiger charge is 2.53. The number of aliphatic hydroxyl groups is 11. The molecular weight excluding hydrogens is 939 g/mol. The highest BCUT2D eigenvalue weighted by molar-refractivity contribution is 5.76. The minimum atomic E-state index is -1.98. The Morgan fingerprint density at radius 3 is 1.39 bits per heavy atom. The fraction of sp³-hybridized carbons (Fsp3) is 0.906. The number of aliphatic hydroxyl groups excluding tert-OH is 11. The molecule has 3 aliphatic heterocycles. The van der Waals surface area contributed by atoms with Gasteiger partial charge in [0.25, 0.3) is 0 Å². The number of rotatable bonds is 39. The monoisotopic (exact) mass is 1040 g/mol. The van der Waals surface area contributed by atoms with Crippen LogP contribution in [-0.2, 0) is 33.2 Å². The molecule has 12 N–H and O–H groups in total. The molecule has 0 bridgehead atoms. The summed E-state index contributed by atoms with van der Waals surface area (Å²) in [6, 6.07) is -0.983. The maximum absolute atomic E-state index is 13.2. The van der Waals surface area contributed by atoms with Crippen LogP contribution in [-0.4, -0.2) is 193 Å². The van der Waals surface area contributed by atoms with Gasteiger partial charge in [-0.2, -0.15) is 0 Å². The molecule has 0 aromatic heterocycles. The van der Waals surface area contributed by atoms with Crippen molar-refractivity contribution in [3.05, 3.63) is 24.3 Å². The fourth-order valence-corrected chi connectivity index (χ4v) is 9.38. The van der Waals surface area contributed by atoms with E-state index in [-0.39, 0.29) is 18.9 Å². The molecule has 3 aliphatic rings. The standard InChI is InChI=1S/C53H97NO18/c1-3-5-7-9-11-13-15-17-19-20-22-24-26-28-30-37(58)36(54-41(59)31-29-27-25-23-21-18-16-14-12-10-8-6-4-2)35-67-51-47(65)44(62)49(39(33-56)69-51)72-53-48(66)45(63)50(40(34-57)70-53)71-52-46(64)43(61)42(60)38(32-55)68-52/h20,22,28,30,36-40,42-53,55-58,60-66H,3-19,21,23-27,29,31-35H2,1-2H3,(H,54,59)/b22-20+,30-28+. The summed E-state index contributed by atoms with van der Waals surface area (Å²) >= 11 is 0. The van der Waals surface area contributed by atoms with Crippen molar-refractivity contribution in [3.8, 4) is 0 Å². The third-order valence-electron chi connectivity index (χ3n) is 14.0. The van der Waals surface area contributed by atoms with Gasteiger partial charge in [-0.3, -0.25) is 4.79 Å². The molecule has 3 rings (SSSR count). The summed E-state index contributed by atoms with van der Waals surface area (Å²) in [6.45, 7) is 1.67. The maximum atomic E-state index is 13.2. The molecule has 3 saturated heterocycles. The molecule has 19 nitrogen and oxygen atoms in total. The van der Waals surface area contributed by atoms with Crippen LogP contribution in [0.5, 0.6) is 0 Å². The second-order valence-electron chi connectivity index (χ2n) is 20.0. The molecule has 72 heavy (non-hydrogen) atoms. The minimum Gasteiger partial charge on any atom is -0.394 e. The van der Waals surface area contributed by atoms with Gasteiger partial charge in [0.15, 0.2) is 18.9 Å². The topological polar surface area (TPSA) is 307 Å². The van der Waals surface area contributed by atoms with Crippen LogP contribution in [0.4, 0.5) is 0 Å². The first-order valence-electron chi connectivity index (χ1n) is 27.6. The Morgan fingerprint density at radius 1 is 0.486 bits per heavy atom. The van der Waals surface area contributed by atoms with Crippen molar-refractivity contribution in [3.63, 3.8) is 0 Å². The largest absolute Gasteiger partial charge is 0.394 e. The summed E-state index contributed by atoms with van der Waals surface area (Å²) in [6.07, 6.45) is 8.88. The van der Waals surface area contributed by atoms with Gasteiger partial charge in [0.1, 0.15) is 73.2 Å². The van der Waals surface area contributed by atoms with E-state index in [0.717, 1.165) is 38.5 Å². The van der Waals surface area contributed by atoms with Crippen molar-refractivity contribution in [1.29, 1.82) is 0 Å². The van der Waals surface area contributed by atoms with Crippen LogP contribution in [0, 0.1) is 0 Å². The third kappa shape index (κ3) is 22.9. The van der Waals surface area contributed by atoms with Crippen molar-refractivity contribution in [1.82, 2.24) is 5.32 Å². The quantitative estimate of drug-likeness (QED) is 0.0311. The number of hydrogen-bond acceptors (Lipinski definition) is 18. The Bertz CT molecular complexity index is 1430. The molecular formula is C53H97NO18. The molecule has 17 unspecified atom stereocenters. The third-order valence-corrected chi connectivity index (χ3v) is 14.0. The zero-order valence-corrected chi connectivity index (χ0v) is 43.4. The number of unbranched alkanes of at least 4 members (excludes halogenated alkanes) is 21. The Balaban J connectivity index is 1.56. The number of allylic oxidation sites excluding steroid dienone is 3. The van der Waals surface area contributed by atoms with Gasteiger partial charge in [-0.15, -0.1) is 0 Å². The number of hydrogen-bond donors (Lipinski definition) is 12. The number of ether oxygens (including phenoxy) is 6. The number of nitrogens with one attached hydrogen (secondary N) is 1. The van der Waals surface area contributed by atoms with Crippen molar-refractivity contribution in [2.24, 2.45) is 0 Å². The van der Waals surface area contributed by atoms with Crippen LogP contribution < -0.4 is 5.32 Å². The Morgan fingerprint density at radius 2 is 0.889 bits per heavy atom. The van der Waals surface area contributed by atoms with Gasteiger partial charge in [0.2, 0.25) is 5.91 Å². The lowest BCUT2D eigenvalue weighted by Gasteiger charge is -2.48. The lowest BCUT2D eigenvalue weighted by Crippen LogP contribution is -2.66. The van der Waals surface area contributed by atoms with Crippen molar-refractivity contribution in [2.45, 2.75) is 279 Å². The molecule has 19 heteroatoms. The van der Waals surface area contributed by atoms with E-state index in [1.54, 1.807) is 6.08 Å². The Labute approximate surface area is 428 Å². The predicted molar refractivity (Wildman–Crippen MR) is 268 cm³/mol. The zero-order chi connectivity index (χ0) is 52.7. The van der Waals surface area contributed by atoms with E-state index in [9.17, 15) is 61.0 Å². The molecule has 3 fully saturated rings. The molecule has 0 aliphatic carbocycles. The first-order chi connectivity index (χ1) is 34.8. The molecule has 0 saturated carbocycles. The molecule has 1 amide bonds. The maximum Gasteiger partial charge on any atom is 0.220 e. The molecule has 0 aromatic rings. The Hall–Kier alpha value is -1.73. The van der Waals surface area contributed by atoms with Gasteiger partial charge >= 0.3 is 0 Å². The Kier molecular flexibility index (Phi) is 34.0. The summed E-state index contributed by atoms with van der Waals surface area (Å²) in [5.74, 6) is -0.287. The first-order valence-corrected chi connectivity index (χ1v) is 27.6. The molecule has 0 spiro atoms. The van der Waals surface area contributed by atoms with Gasteiger partial charge in [0.05, 0.1) is 38.6 Å². The number of carbonyl (C=O) groups excluding carboxylic acids is 1. The van der Waals surface area contributed by atoms with E-state index in [1.165, 1.54) is 103 Å². The van der Waals surface area contributed by atoms with E-state index in [2.05, 4.69) is 31.3 Å². The van der Waals surface area contributed by atoms with Crippen molar-refractivity contribution in [2.75, 3.05) is 26.4 Å². The number of carbonyl (C=O) groups is 1. The summed E-state index contributed by atoms with van der Waals surface area (Å²) in [7, 11) is 0. The summed E-state index contributed by atoms with van der Waals surface area (Å²) in [5.41, 5.74) is 0. The van der Waals surface area contributed by atoms with Crippen LogP contribution in [0.15, 0.2) is 24.3 Å². The lowest BCUT2D eigenvalue weighted by molar-refractivity contribution is -0.379. The van der Waals surface area contributed by atoms with Crippen LogP contribution in [0.3, 0.4) is 0 Å². The molecule has 0 aromatic carbocycles. The van der Waals surface area contributed by atoms with Gasteiger partial charge in [-0.05, 0) is 32.1 Å². The van der Waals surface area contributed by atoms with Gasteiger partial charge < -0.3 is 89.9 Å². The van der Waals surface area contributed by atoms with Crippen molar-refractivity contribution < 1.29 is 89.4 Å². The van der Waals surface area contributed by atoms with E-state index in [4.69, 9.17) is 28.4 Å². The first kappa shape index (κ1) is 64.6. The average molecular weight is 1040 g/mol. The summed E-state index contributed by atoms with van der Waals surface area (Å²) in [4.78, 5) is 13.2. The average Bonchev–Trinajstić information content (AvgIpc) is 3.37. The second kappa shape index (κ2) is 37.9. The molecule has 17 atom stereocenters. The normalized spacial score (nSPS) is 32.2. The van der Waals surface area contributed by atoms with Crippen LogP contribution in [0.1, 0.15) is 174 Å². The zero-order valence-electron chi connectivity index (χ0n) is 43.4. The lowest BCUT2D eigenvalue weighted by atomic mass is 9.96. The fourth-order valence-electron chi connectivity index (χ4n) is 9.38. The van der Waals surface area contributed by atoms with E-state index >= 15 is 0 Å². The van der Waals surface area contributed by atoms with E-state index in [1.807, 2.05) is 6.08 Å². The van der Waals surface area contributed by atoms with Gasteiger partial charge in [0, 0.05) is 6.42 Å². The molecule has 422 valence electrons.